The van der Waals surface area contributed by atoms with Crippen LogP contribution in [0.4, 0.5) is 0 Å². The molecule has 7 heteroatoms. The lowest BCUT2D eigenvalue weighted by molar-refractivity contribution is 0.197. The first kappa shape index (κ1) is 20.1. The third kappa shape index (κ3) is 4.79. The van der Waals surface area contributed by atoms with Crippen LogP contribution in [-0.4, -0.2) is 46.6 Å². The zero-order valence-electron chi connectivity index (χ0n) is 16.8. The van der Waals surface area contributed by atoms with Crippen LogP contribution in [0.1, 0.15) is 11.1 Å². The molecular weight excluding hydrogens is 372 g/mol. The summed E-state index contributed by atoms with van der Waals surface area (Å²) in [7, 11) is 3.67. The highest BCUT2D eigenvalue weighted by atomic mass is 32.1. The maximum Gasteiger partial charge on any atom is 0.203 e. The van der Waals surface area contributed by atoms with Gasteiger partial charge >= 0.3 is 0 Å². The van der Waals surface area contributed by atoms with Gasteiger partial charge in [-0.3, -0.25) is 9.47 Å². The van der Waals surface area contributed by atoms with Gasteiger partial charge in [0.25, 0.3) is 0 Å². The molecule has 0 aliphatic rings. The summed E-state index contributed by atoms with van der Waals surface area (Å²) in [5.74, 6) is 1.64. The second kappa shape index (κ2) is 9.03. The first-order valence-corrected chi connectivity index (χ1v) is 9.56. The Bertz CT molecular complexity index is 979. The van der Waals surface area contributed by atoms with E-state index in [-0.39, 0.29) is 0 Å². The summed E-state index contributed by atoms with van der Waals surface area (Å²) in [6, 6.07) is 13.9. The highest BCUT2D eigenvalue weighted by molar-refractivity contribution is 7.71. The van der Waals surface area contributed by atoms with Crippen molar-refractivity contribution in [1.82, 2.24) is 19.2 Å². The summed E-state index contributed by atoms with van der Waals surface area (Å²) >= 11 is 5.62. The number of aryl methyl sites for hydroxylation is 2. The molecule has 0 amide bonds. The summed E-state index contributed by atoms with van der Waals surface area (Å²) in [5.41, 5.74) is 3.47. The van der Waals surface area contributed by atoms with E-state index in [0.717, 1.165) is 23.7 Å². The van der Waals surface area contributed by atoms with Crippen molar-refractivity contribution in [3.05, 3.63) is 64.7 Å². The molecule has 0 spiro atoms. The van der Waals surface area contributed by atoms with Crippen LogP contribution in [0.3, 0.4) is 0 Å². The Hall–Kier alpha value is -2.64. The van der Waals surface area contributed by atoms with Crippen LogP contribution in [0, 0.1) is 18.6 Å². The molecule has 0 saturated heterocycles. The fourth-order valence-electron chi connectivity index (χ4n) is 2.97. The third-order valence-electron chi connectivity index (χ3n) is 4.52. The first-order valence-electron chi connectivity index (χ1n) is 9.15. The molecular formula is C21H26N4O2S. The number of nitrogens with zero attached hydrogens (tertiary/aromatic N) is 4. The van der Waals surface area contributed by atoms with Crippen molar-refractivity contribution in [2.45, 2.75) is 20.5 Å². The van der Waals surface area contributed by atoms with Gasteiger partial charge in [-0.15, -0.1) is 0 Å². The van der Waals surface area contributed by atoms with Gasteiger partial charge in [-0.25, -0.2) is 4.68 Å². The molecule has 0 bridgehead atoms. The number of rotatable bonds is 8. The number of hydrogen-bond acceptors (Lipinski definition) is 5. The Morgan fingerprint density at radius 1 is 1.07 bits per heavy atom. The summed E-state index contributed by atoms with van der Waals surface area (Å²) in [4.78, 5) is 2.12. The van der Waals surface area contributed by atoms with Crippen LogP contribution >= 0.6 is 12.2 Å². The van der Waals surface area contributed by atoms with E-state index in [2.05, 4.69) is 42.0 Å². The first-order chi connectivity index (χ1) is 13.5. The van der Waals surface area contributed by atoms with Crippen molar-refractivity contribution in [1.29, 1.82) is 0 Å². The van der Waals surface area contributed by atoms with Crippen molar-refractivity contribution < 1.29 is 9.47 Å². The highest BCUT2D eigenvalue weighted by Crippen LogP contribution is 2.17. The molecule has 0 atom stereocenters. The van der Waals surface area contributed by atoms with E-state index >= 15 is 0 Å². The Balaban J connectivity index is 1.57. The molecule has 0 aliphatic heterocycles. The van der Waals surface area contributed by atoms with E-state index < -0.39 is 0 Å². The molecule has 2 aromatic carbocycles. The van der Waals surface area contributed by atoms with Gasteiger partial charge in [0, 0.05) is 6.54 Å². The van der Waals surface area contributed by atoms with E-state index in [0.29, 0.717) is 18.0 Å². The van der Waals surface area contributed by atoms with E-state index in [1.807, 2.05) is 40.6 Å². The molecule has 28 heavy (non-hydrogen) atoms. The normalized spacial score (nSPS) is 11.0. The van der Waals surface area contributed by atoms with Gasteiger partial charge in [0.1, 0.15) is 24.4 Å². The zero-order valence-corrected chi connectivity index (χ0v) is 17.6. The molecule has 6 nitrogen and oxygen atoms in total. The van der Waals surface area contributed by atoms with Crippen LogP contribution in [-0.2, 0) is 6.67 Å². The van der Waals surface area contributed by atoms with Gasteiger partial charge in [0.2, 0.25) is 4.77 Å². The van der Waals surface area contributed by atoms with Crippen molar-refractivity contribution in [2.75, 3.05) is 27.3 Å². The standard InChI is InChI=1S/C21H26N4O2S/c1-16-5-10-20(17(2)13-16)24-14-22-25(21(24)28)15-23(3)11-12-27-19-8-6-18(26-4)7-9-19/h5-10,13-14H,11-12,15H2,1-4H3. The maximum atomic E-state index is 5.79. The quantitative estimate of drug-likeness (QED) is 0.537. The van der Waals surface area contributed by atoms with Crippen LogP contribution in [0.2, 0.25) is 0 Å². The van der Waals surface area contributed by atoms with Gasteiger partial charge in [-0.1, -0.05) is 17.7 Å². The minimum absolute atomic E-state index is 0.577. The SMILES string of the molecule is COc1ccc(OCCN(C)Cn2ncn(-c3ccc(C)cc3C)c2=S)cc1. The van der Waals surface area contributed by atoms with E-state index in [4.69, 9.17) is 21.7 Å². The fourth-order valence-corrected chi connectivity index (χ4v) is 3.22. The van der Waals surface area contributed by atoms with Crippen molar-refractivity contribution in [3.8, 4) is 17.2 Å². The molecule has 1 aromatic heterocycles. The molecule has 0 unspecified atom stereocenters. The summed E-state index contributed by atoms with van der Waals surface area (Å²) in [6.07, 6.45) is 1.78. The summed E-state index contributed by atoms with van der Waals surface area (Å²) in [6.45, 7) is 6.10. The van der Waals surface area contributed by atoms with Gasteiger partial charge in [-0.2, -0.15) is 5.10 Å². The number of aromatic nitrogens is 3. The monoisotopic (exact) mass is 398 g/mol. The van der Waals surface area contributed by atoms with E-state index in [9.17, 15) is 0 Å². The predicted octanol–water partition coefficient (Wildman–Crippen LogP) is 4.00. The molecule has 0 radical (unpaired) electrons. The Morgan fingerprint density at radius 2 is 1.79 bits per heavy atom. The van der Waals surface area contributed by atoms with E-state index in [1.165, 1.54) is 11.1 Å². The van der Waals surface area contributed by atoms with Crippen LogP contribution < -0.4 is 9.47 Å². The number of benzene rings is 2. The molecule has 0 aliphatic carbocycles. The summed E-state index contributed by atoms with van der Waals surface area (Å²) in [5, 5.41) is 4.46. The zero-order chi connectivity index (χ0) is 20.1. The average Bonchev–Trinajstić information content (AvgIpc) is 3.02. The van der Waals surface area contributed by atoms with Crippen molar-refractivity contribution in [3.63, 3.8) is 0 Å². The van der Waals surface area contributed by atoms with Crippen molar-refractivity contribution >= 4 is 12.2 Å². The van der Waals surface area contributed by atoms with Crippen molar-refractivity contribution in [2.24, 2.45) is 0 Å². The topological polar surface area (TPSA) is 44.5 Å². The van der Waals surface area contributed by atoms with Gasteiger partial charge in [0.05, 0.1) is 19.5 Å². The highest BCUT2D eigenvalue weighted by Gasteiger charge is 2.08. The number of hydrogen-bond donors (Lipinski definition) is 0. The Labute approximate surface area is 170 Å². The molecule has 148 valence electrons. The van der Waals surface area contributed by atoms with Crippen LogP contribution in [0.25, 0.3) is 5.69 Å². The van der Waals surface area contributed by atoms with Gasteiger partial charge in [-0.05, 0) is 69.0 Å². The molecule has 0 fully saturated rings. The number of likely N-dealkylation sites (N-methyl/N-ethyl adjacent to an activating group) is 1. The van der Waals surface area contributed by atoms with Crippen LogP contribution in [0.15, 0.2) is 48.8 Å². The second-order valence-corrected chi connectivity index (χ2v) is 7.18. The lowest BCUT2D eigenvalue weighted by atomic mass is 10.1. The molecule has 0 N–H and O–H groups in total. The van der Waals surface area contributed by atoms with Gasteiger partial charge in [0.15, 0.2) is 0 Å². The average molecular weight is 399 g/mol. The molecule has 0 saturated carbocycles. The molecule has 3 rings (SSSR count). The minimum atomic E-state index is 0.577. The maximum absolute atomic E-state index is 5.79. The molecule has 1 heterocycles. The third-order valence-corrected chi connectivity index (χ3v) is 4.93. The second-order valence-electron chi connectivity index (χ2n) is 6.82. The smallest absolute Gasteiger partial charge is 0.203 e. The Morgan fingerprint density at radius 3 is 2.46 bits per heavy atom. The predicted molar refractivity (Wildman–Crippen MR) is 113 cm³/mol. The summed E-state index contributed by atoms with van der Waals surface area (Å²) < 4.78 is 15.4. The number of ether oxygens (including phenoxy) is 2. The lowest BCUT2D eigenvalue weighted by Crippen LogP contribution is -2.27. The van der Waals surface area contributed by atoms with Crippen LogP contribution in [0.5, 0.6) is 11.5 Å². The molecule has 3 aromatic rings. The minimum Gasteiger partial charge on any atom is -0.497 e. The largest absolute Gasteiger partial charge is 0.497 e. The van der Waals surface area contributed by atoms with Gasteiger partial charge < -0.3 is 9.47 Å². The number of methoxy groups -OCH3 is 1. The Kier molecular flexibility index (Phi) is 6.49. The fraction of sp³-hybridized carbons (Fsp3) is 0.333. The van der Waals surface area contributed by atoms with E-state index in [1.54, 1.807) is 13.4 Å². The lowest BCUT2D eigenvalue weighted by Gasteiger charge is -2.17.